The number of fused-ring (bicyclic) bond motifs is 1. The monoisotopic (exact) mass is 496 g/mol. The third-order valence-electron chi connectivity index (χ3n) is 6.44. The van der Waals surface area contributed by atoms with Gasteiger partial charge in [0.25, 0.3) is 0 Å². The van der Waals surface area contributed by atoms with Crippen LogP contribution in [-0.4, -0.2) is 42.0 Å². The second-order valence-electron chi connectivity index (χ2n) is 8.68. The number of nitrogens with zero attached hydrogens (tertiary/aromatic N) is 2. The highest BCUT2D eigenvalue weighted by molar-refractivity contribution is 6.32. The van der Waals surface area contributed by atoms with Gasteiger partial charge >= 0.3 is 0 Å². The molecule has 3 aromatic carbocycles. The molecule has 0 amide bonds. The van der Waals surface area contributed by atoms with Crippen LogP contribution in [0.4, 0.5) is 14.5 Å². The van der Waals surface area contributed by atoms with Crippen molar-refractivity contribution in [3.8, 4) is 11.5 Å². The van der Waals surface area contributed by atoms with Crippen LogP contribution in [0, 0.1) is 18.6 Å². The summed E-state index contributed by atoms with van der Waals surface area (Å²) in [4.78, 5) is 17.2. The first-order valence-electron chi connectivity index (χ1n) is 11.3. The maximum atomic E-state index is 14.3. The minimum atomic E-state index is -0.565. The van der Waals surface area contributed by atoms with Crippen molar-refractivity contribution < 1.29 is 23.4 Å². The molecule has 2 aliphatic heterocycles. The predicted molar refractivity (Wildman–Crippen MR) is 131 cm³/mol. The molecule has 180 valence electrons. The number of ether oxygens (including phenoxy) is 1. The number of piperazine rings is 1. The molecule has 5 nitrogen and oxygen atoms in total. The van der Waals surface area contributed by atoms with Crippen LogP contribution in [-0.2, 0) is 6.54 Å². The number of aromatic hydroxyl groups is 1. The fourth-order valence-corrected chi connectivity index (χ4v) is 4.81. The molecule has 0 radical (unpaired) electrons. The topological polar surface area (TPSA) is 53.0 Å². The van der Waals surface area contributed by atoms with E-state index in [0.29, 0.717) is 55.1 Å². The van der Waals surface area contributed by atoms with Gasteiger partial charge in [-0.1, -0.05) is 29.8 Å². The Morgan fingerprint density at radius 1 is 1.06 bits per heavy atom. The number of carbonyl (C=O) groups excluding carboxylic acids is 1. The Labute approximate surface area is 206 Å². The summed E-state index contributed by atoms with van der Waals surface area (Å²) in [5.74, 6) is -0.951. The Hall–Kier alpha value is -3.42. The Morgan fingerprint density at radius 2 is 1.77 bits per heavy atom. The summed E-state index contributed by atoms with van der Waals surface area (Å²) < 4.78 is 34.4. The lowest BCUT2D eigenvalue weighted by Crippen LogP contribution is -2.46. The lowest BCUT2D eigenvalue weighted by atomic mass is 9.99. The summed E-state index contributed by atoms with van der Waals surface area (Å²) in [7, 11) is 0. The third kappa shape index (κ3) is 4.37. The van der Waals surface area contributed by atoms with Crippen LogP contribution in [0.2, 0.25) is 5.02 Å². The van der Waals surface area contributed by atoms with Crippen molar-refractivity contribution in [3.05, 3.63) is 93.2 Å². The highest BCUT2D eigenvalue weighted by Gasteiger charge is 2.34. The SMILES string of the molecule is Cc1cc(O)c(CN2CCN(c3ccccc3F)CC2)c2c1C(=O)/C(=C/c1c(F)cccc1Cl)O2. The maximum absolute atomic E-state index is 14.3. The van der Waals surface area contributed by atoms with E-state index in [1.165, 1.54) is 30.3 Å². The fourth-order valence-electron chi connectivity index (χ4n) is 4.59. The van der Waals surface area contributed by atoms with E-state index in [4.69, 9.17) is 16.3 Å². The van der Waals surface area contributed by atoms with E-state index in [2.05, 4.69) is 4.90 Å². The van der Waals surface area contributed by atoms with Crippen LogP contribution < -0.4 is 9.64 Å². The molecule has 3 aromatic rings. The summed E-state index contributed by atoms with van der Waals surface area (Å²) in [6.45, 7) is 4.57. The van der Waals surface area contributed by atoms with Crippen molar-refractivity contribution in [1.82, 2.24) is 4.90 Å². The van der Waals surface area contributed by atoms with Crippen molar-refractivity contribution in [1.29, 1.82) is 0 Å². The van der Waals surface area contributed by atoms with Gasteiger partial charge in [-0.2, -0.15) is 0 Å². The van der Waals surface area contributed by atoms with Gasteiger partial charge in [0.2, 0.25) is 5.78 Å². The zero-order chi connectivity index (χ0) is 24.7. The first-order valence-corrected chi connectivity index (χ1v) is 11.7. The number of benzene rings is 3. The molecule has 0 spiro atoms. The summed E-state index contributed by atoms with van der Waals surface area (Å²) in [5, 5.41) is 10.9. The van der Waals surface area contributed by atoms with E-state index < -0.39 is 5.82 Å². The van der Waals surface area contributed by atoms with Crippen LogP contribution in [0.1, 0.15) is 27.0 Å². The number of phenolic OH excluding ortho intramolecular Hbond substituents is 1. The zero-order valence-electron chi connectivity index (χ0n) is 19.0. The van der Waals surface area contributed by atoms with Crippen LogP contribution in [0.15, 0.2) is 54.3 Å². The molecule has 0 aliphatic carbocycles. The van der Waals surface area contributed by atoms with Crippen molar-refractivity contribution >= 4 is 29.1 Å². The van der Waals surface area contributed by atoms with E-state index in [-0.39, 0.29) is 39.4 Å². The number of ketones is 1. The average Bonchev–Trinajstić information content (AvgIpc) is 3.16. The number of phenols is 1. The Balaban J connectivity index is 1.39. The number of aryl methyl sites for hydroxylation is 1. The third-order valence-corrected chi connectivity index (χ3v) is 6.77. The van der Waals surface area contributed by atoms with Gasteiger partial charge in [0.15, 0.2) is 5.76 Å². The van der Waals surface area contributed by atoms with Crippen molar-refractivity contribution in [2.45, 2.75) is 13.5 Å². The van der Waals surface area contributed by atoms with Crippen molar-refractivity contribution in [3.63, 3.8) is 0 Å². The Bertz CT molecular complexity index is 1330. The smallest absolute Gasteiger partial charge is 0.232 e. The number of Topliss-reactive ketones (excluding diaryl/α,β-unsaturated/α-hetero) is 1. The number of rotatable bonds is 4. The zero-order valence-corrected chi connectivity index (χ0v) is 19.8. The fraction of sp³-hybridized carbons (Fsp3) is 0.222. The minimum Gasteiger partial charge on any atom is -0.507 e. The number of para-hydroxylation sites is 1. The molecule has 1 saturated heterocycles. The second-order valence-corrected chi connectivity index (χ2v) is 9.09. The quantitative estimate of drug-likeness (QED) is 0.478. The molecule has 0 bridgehead atoms. The Morgan fingerprint density at radius 3 is 2.49 bits per heavy atom. The number of allylic oxidation sites excluding steroid dienone is 1. The summed E-state index contributed by atoms with van der Waals surface area (Å²) in [6, 6.07) is 12.5. The summed E-state index contributed by atoms with van der Waals surface area (Å²) in [6.07, 6.45) is 1.30. The van der Waals surface area contributed by atoms with Gasteiger partial charge in [-0.15, -0.1) is 0 Å². The molecule has 35 heavy (non-hydrogen) atoms. The van der Waals surface area contributed by atoms with Gasteiger partial charge in [-0.3, -0.25) is 9.69 Å². The van der Waals surface area contributed by atoms with E-state index in [9.17, 15) is 18.7 Å². The number of carbonyl (C=O) groups is 1. The van der Waals surface area contributed by atoms with Gasteiger partial charge in [-0.25, -0.2) is 8.78 Å². The molecule has 0 unspecified atom stereocenters. The second kappa shape index (κ2) is 9.32. The van der Waals surface area contributed by atoms with Crippen molar-refractivity contribution in [2.75, 3.05) is 31.1 Å². The summed E-state index contributed by atoms with van der Waals surface area (Å²) in [5.41, 5.74) is 2.04. The minimum absolute atomic E-state index is 0.0238. The van der Waals surface area contributed by atoms with Gasteiger partial charge in [-0.05, 0) is 48.9 Å². The predicted octanol–water partition coefficient (Wildman–Crippen LogP) is 5.57. The van der Waals surface area contributed by atoms with Gasteiger partial charge in [0.05, 0.1) is 21.8 Å². The number of halogens is 3. The average molecular weight is 497 g/mol. The highest BCUT2D eigenvalue weighted by Crippen LogP contribution is 2.42. The normalized spacial score (nSPS) is 17.1. The molecule has 5 rings (SSSR count). The summed E-state index contributed by atoms with van der Waals surface area (Å²) >= 11 is 6.12. The Kier molecular flexibility index (Phi) is 6.21. The lowest BCUT2D eigenvalue weighted by molar-refractivity contribution is 0.101. The molecule has 2 aliphatic rings. The van der Waals surface area contributed by atoms with E-state index in [1.54, 1.807) is 25.1 Å². The van der Waals surface area contributed by atoms with E-state index >= 15 is 0 Å². The van der Waals surface area contributed by atoms with Crippen LogP contribution in [0.5, 0.6) is 11.5 Å². The number of hydrogen-bond donors (Lipinski definition) is 1. The molecular weight excluding hydrogens is 474 g/mol. The van der Waals surface area contributed by atoms with Gasteiger partial charge in [0, 0.05) is 38.3 Å². The van der Waals surface area contributed by atoms with Crippen LogP contribution in [0.3, 0.4) is 0 Å². The highest BCUT2D eigenvalue weighted by atomic mass is 35.5. The first kappa shape index (κ1) is 23.3. The number of hydrogen-bond acceptors (Lipinski definition) is 5. The first-order chi connectivity index (χ1) is 16.8. The molecule has 1 fully saturated rings. The lowest BCUT2D eigenvalue weighted by Gasteiger charge is -2.36. The maximum Gasteiger partial charge on any atom is 0.232 e. The van der Waals surface area contributed by atoms with E-state index in [1.807, 2.05) is 11.0 Å². The molecular formula is C27H23ClF2N2O3. The van der Waals surface area contributed by atoms with Gasteiger partial charge < -0.3 is 14.7 Å². The molecule has 2 heterocycles. The molecule has 0 saturated carbocycles. The number of anilines is 1. The molecule has 1 N–H and O–H groups in total. The van der Waals surface area contributed by atoms with Crippen LogP contribution in [0.25, 0.3) is 6.08 Å². The molecule has 8 heteroatoms. The van der Waals surface area contributed by atoms with Crippen molar-refractivity contribution in [2.24, 2.45) is 0 Å². The largest absolute Gasteiger partial charge is 0.507 e. The molecule has 0 aromatic heterocycles. The van der Waals surface area contributed by atoms with Crippen LogP contribution >= 0.6 is 11.6 Å². The molecule has 0 atom stereocenters. The standard InChI is InChI=1S/C27H23ClF2N2O3/c1-16-13-23(33)18(15-31-9-11-32(12-10-31)22-8-3-2-6-21(22)30)27-25(16)26(34)24(35-27)14-17-19(28)5-4-7-20(17)29/h2-8,13-14,33H,9-12,15H2,1H3/b24-14-. The van der Waals surface area contributed by atoms with Gasteiger partial charge in [0.1, 0.15) is 23.1 Å². The van der Waals surface area contributed by atoms with E-state index in [0.717, 1.165) is 0 Å².